The predicted molar refractivity (Wildman–Crippen MR) is 78.0 cm³/mol. The molecule has 0 spiro atoms. The first-order valence-electron chi connectivity index (χ1n) is 7.75. The van der Waals surface area contributed by atoms with Gasteiger partial charge in [-0.2, -0.15) is 0 Å². The smallest absolute Gasteiger partial charge is 0.0699 e. The SMILES string of the molecule is CCCNCC(C)C(C)N1CCCOC(CC)C1. The fraction of sp³-hybridized carbons (Fsp3) is 1.00. The Balaban J connectivity index is 2.39. The lowest BCUT2D eigenvalue weighted by Gasteiger charge is -2.33. The zero-order valence-corrected chi connectivity index (χ0v) is 12.7. The van der Waals surface area contributed by atoms with Crippen LogP contribution >= 0.6 is 0 Å². The van der Waals surface area contributed by atoms with Gasteiger partial charge in [-0.25, -0.2) is 0 Å². The van der Waals surface area contributed by atoms with E-state index in [0.29, 0.717) is 18.1 Å². The Morgan fingerprint density at radius 1 is 1.33 bits per heavy atom. The van der Waals surface area contributed by atoms with E-state index in [1.807, 2.05) is 0 Å². The number of nitrogens with zero attached hydrogens (tertiary/aromatic N) is 1. The van der Waals surface area contributed by atoms with Gasteiger partial charge in [0, 0.05) is 25.7 Å². The molecule has 1 heterocycles. The molecule has 0 bridgehead atoms. The van der Waals surface area contributed by atoms with E-state index < -0.39 is 0 Å². The summed E-state index contributed by atoms with van der Waals surface area (Å²) in [5, 5.41) is 3.54. The molecular weight excluding hydrogens is 224 g/mol. The van der Waals surface area contributed by atoms with Crippen molar-refractivity contribution in [3.05, 3.63) is 0 Å². The molecule has 3 unspecified atom stereocenters. The number of ether oxygens (including phenoxy) is 1. The molecule has 0 saturated carbocycles. The average Bonchev–Trinajstić information content (AvgIpc) is 2.63. The Kier molecular flexibility index (Phi) is 7.87. The maximum absolute atomic E-state index is 5.85. The highest BCUT2D eigenvalue weighted by molar-refractivity contribution is 4.78. The van der Waals surface area contributed by atoms with Crippen LogP contribution in [0.25, 0.3) is 0 Å². The van der Waals surface area contributed by atoms with Gasteiger partial charge >= 0.3 is 0 Å². The minimum atomic E-state index is 0.436. The molecule has 0 aromatic heterocycles. The molecule has 0 radical (unpaired) electrons. The van der Waals surface area contributed by atoms with Gasteiger partial charge in [-0.1, -0.05) is 20.8 Å². The minimum Gasteiger partial charge on any atom is -0.377 e. The van der Waals surface area contributed by atoms with Gasteiger partial charge in [0.05, 0.1) is 6.10 Å². The third kappa shape index (κ3) is 5.25. The number of rotatable bonds is 7. The Bertz CT molecular complexity index is 211. The van der Waals surface area contributed by atoms with Crippen molar-refractivity contribution in [2.45, 2.75) is 59.1 Å². The van der Waals surface area contributed by atoms with Crippen molar-refractivity contribution in [1.82, 2.24) is 10.2 Å². The second kappa shape index (κ2) is 8.89. The lowest BCUT2D eigenvalue weighted by molar-refractivity contribution is 0.0420. The van der Waals surface area contributed by atoms with Crippen LogP contribution in [0.15, 0.2) is 0 Å². The van der Waals surface area contributed by atoms with Gasteiger partial charge in [0.1, 0.15) is 0 Å². The summed E-state index contributed by atoms with van der Waals surface area (Å²) < 4.78 is 5.85. The zero-order chi connectivity index (χ0) is 13.4. The molecule has 1 fully saturated rings. The van der Waals surface area contributed by atoms with E-state index in [4.69, 9.17) is 4.74 Å². The van der Waals surface area contributed by atoms with E-state index in [0.717, 1.165) is 32.7 Å². The van der Waals surface area contributed by atoms with Gasteiger partial charge in [0.25, 0.3) is 0 Å². The first-order chi connectivity index (χ1) is 8.69. The number of hydrogen-bond donors (Lipinski definition) is 1. The first kappa shape index (κ1) is 15.9. The van der Waals surface area contributed by atoms with Gasteiger partial charge in [-0.15, -0.1) is 0 Å². The summed E-state index contributed by atoms with van der Waals surface area (Å²) in [7, 11) is 0. The van der Waals surface area contributed by atoms with Crippen molar-refractivity contribution in [2.24, 2.45) is 5.92 Å². The Labute approximate surface area is 113 Å². The summed E-state index contributed by atoms with van der Waals surface area (Å²) in [6, 6.07) is 0.644. The van der Waals surface area contributed by atoms with Gasteiger partial charge in [-0.3, -0.25) is 4.90 Å². The molecule has 1 aliphatic heterocycles. The third-order valence-corrected chi connectivity index (χ3v) is 4.13. The highest BCUT2D eigenvalue weighted by atomic mass is 16.5. The fourth-order valence-electron chi connectivity index (χ4n) is 2.58. The van der Waals surface area contributed by atoms with E-state index in [1.54, 1.807) is 0 Å². The summed E-state index contributed by atoms with van der Waals surface area (Å²) in [6.45, 7) is 14.7. The van der Waals surface area contributed by atoms with Crippen LogP contribution in [0.5, 0.6) is 0 Å². The van der Waals surface area contributed by atoms with Crippen molar-refractivity contribution in [2.75, 3.05) is 32.8 Å². The summed E-state index contributed by atoms with van der Waals surface area (Å²) >= 11 is 0. The van der Waals surface area contributed by atoms with Crippen LogP contribution < -0.4 is 5.32 Å². The van der Waals surface area contributed by atoms with Crippen LogP contribution in [0.2, 0.25) is 0 Å². The van der Waals surface area contributed by atoms with E-state index in [9.17, 15) is 0 Å². The molecule has 0 amide bonds. The van der Waals surface area contributed by atoms with Crippen LogP contribution in [0.4, 0.5) is 0 Å². The minimum absolute atomic E-state index is 0.436. The van der Waals surface area contributed by atoms with Crippen molar-refractivity contribution >= 4 is 0 Å². The van der Waals surface area contributed by atoms with E-state index in [2.05, 4.69) is 37.9 Å². The summed E-state index contributed by atoms with van der Waals surface area (Å²) in [5.41, 5.74) is 0. The molecule has 18 heavy (non-hydrogen) atoms. The van der Waals surface area contributed by atoms with Crippen LogP contribution in [0.3, 0.4) is 0 Å². The molecule has 3 heteroatoms. The van der Waals surface area contributed by atoms with E-state index >= 15 is 0 Å². The summed E-state index contributed by atoms with van der Waals surface area (Å²) in [5.74, 6) is 0.701. The first-order valence-corrected chi connectivity index (χ1v) is 7.75. The molecule has 1 rings (SSSR count). The maximum atomic E-state index is 5.85. The fourth-order valence-corrected chi connectivity index (χ4v) is 2.58. The monoisotopic (exact) mass is 256 g/mol. The highest BCUT2D eigenvalue weighted by Gasteiger charge is 2.24. The van der Waals surface area contributed by atoms with Gasteiger partial charge in [-0.05, 0) is 45.2 Å². The number of hydrogen-bond acceptors (Lipinski definition) is 3. The van der Waals surface area contributed by atoms with Crippen molar-refractivity contribution in [3.63, 3.8) is 0 Å². The van der Waals surface area contributed by atoms with Crippen molar-refractivity contribution in [3.8, 4) is 0 Å². The van der Waals surface area contributed by atoms with E-state index in [-0.39, 0.29) is 0 Å². The van der Waals surface area contributed by atoms with Gasteiger partial charge in [0.2, 0.25) is 0 Å². The lowest BCUT2D eigenvalue weighted by atomic mass is 10.0. The van der Waals surface area contributed by atoms with Crippen molar-refractivity contribution in [1.29, 1.82) is 0 Å². The Morgan fingerprint density at radius 3 is 2.78 bits per heavy atom. The second-order valence-corrected chi connectivity index (χ2v) is 5.67. The van der Waals surface area contributed by atoms with Crippen molar-refractivity contribution < 1.29 is 4.74 Å². The second-order valence-electron chi connectivity index (χ2n) is 5.67. The molecule has 108 valence electrons. The standard InChI is InChI=1S/C15H32N2O/c1-5-8-16-11-13(3)14(4)17-9-7-10-18-15(6-2)12-17/h13-16H,5-12H2,1-4H3. The summed E-state index contributed by atoms with van der Waals surface area (Å²) in [6.07, 6.45) is 3.96. The maximum Gasteiger partial charge on any atom is 0.0699 e. The predicted octanol–water partition coefficient (Wildman–Crippen LogP) is 2.51. The Morgan fingerprint density at radius 2 is 2.11 bits per heavy atom. The van der Waals surface area contributed by atoms with Crippen LogP contribution in [-0.4, -0.2) is 49.8 Å². The molecular formula is C15H32N2O. The summed E-state index contributed by atoms with van der Waals surface area (Å²) in [4.78, 5) is 2.62. The zero-order valence-electron chi connectivity index (χ0n) is 12.7. The molecule has 3 atom stereocenters. The molecule has 3 nitrogen and oxygen atoms in total. The molecule has 1 aliphatic rings. The van der Waals surface area contributed by atoms with Gasteiger partial charge < -0.3 is 10.1 Å². The van der Waals surface area contributed by atoms with Crippen LogP contribution in [0.1, 0.15) is 47.0 Å². The highest BCUT2D eigenvalue weighted by Crippen LogP contribution is 2.16. The quantitative estimate of drug-likeness (QED) is 0.708. The number of nitrogens with one attached hydrogen (secondary N) is 1. The normalized spacial score (nSPS) is 25.7. The molecule has 1 N–H and O–H groups in total. The molecule has 0 aromatic rings. The molecule has 1 saturated heterocycles. The van der Waals surface area contributed by atoms with E-state index in [1.165, 1.54) is 19.4 Å². The van der Waals surface area contributed by atoms with Crippen LogP contribution in [0, 0.1) is 5.92 Å². The topological polar surface area (TPSA) is 24.5 Å². The van der Waals surface area contributed by atoms with Crippen LogP contribution in [-0.2, 0) is 4.74 Å². The molecule has 0 aliphatic carbocycles. The average molecular weight is 256 g/mol. The largest absolute Gasteiger partial charge is 0.377 e. The third-order valence-electron chi connectivity index (χ3n) is 4.13. The lowest BCUT2D eigenvalue weighted by Crippen LogP contribution is -2.44. The van der Waals surface area contributed by atoms with Gasteiger partial charge in [0.15, 0.2) is 0 Å². The Hall–Kier alpha value is -0.120. The molecule has 0 aromatic carbocycles.